The van der Waals surface area contributed by atoms with Crippen molar-refractivity contribution in [1.82, 2.24) is 5.32 Å². The summed E-state index contributed by atoms with van der Waals surface area (Å²) in [5.74, 6) is 0.318. The Hall–Kier alpha value is -0.900. The molecule has 0 bridgehead atoms. The highest BCUT2D eigenvalue weighted by atomic mass is 79.9. The summed E-state index contributed by atoms with van der Waals surface area (Å²) in [4.78, 5) is 0. The highest BCUT2D eigenvalue weighted by Crippen LogP contribution is 2.15. The van der Waals surface area contributed by atoms with E-state index in [-0.39, 0.29) is 5.82 Å². The lowest BCUT2D eigenvalue weighted by atomic mass is 10.1. The first-order chi connectivity index (χ1) is 9.19. The summed E-state index contributed by atoms with van der Waals surface area (Å²) < 4.78 is 14.4. The average Bonchev–Trinajstić information content (AvgIpc) is 2.43. The van der Waals surface area contributed by atoms with E-state index in [1.807, 2.05) is 18.2 Å². The van der Waals surface area contributed by atoms with Crippen LogP contribution in [0.25, 0.3) is 0 Å². The minimum Gasteiger partial charge on any atom is -0.309 e. The summed E-state index contributed by atoms with van der Waals surface area (Å²) in [6, 6.07) is 13.0. The minimum atomic E-state index is -0.190. The van der Waals surface area contributed by atoms with Gasteiger partial charge in [0.1, 0.15) is 5.82 Å². The third kappa shape index (κ3) is 4.30. The van der Waals surface area contributed by atoms with Crippen LogP contribution in [-0.4, -0.2) is 0 Å². The first-order valence-corrected chi connectivity index (χ1v) is 7.30. The summed E-state index contributed by atoms with van der Waals surface area (Å²) in [5, 5.41) is 3.23. The predicted molar refractivity (Wildman–Crippen MR) is 80.6 cm³/mol. The van der Waals surface area contributed by atoms with Crippen LogP contribution >= 0.6 is 27.5 Å². The van der Waals surface area contributed by atoms with Crippen LogP contribution in [0.3, 0.4) is 0 Å². The first kappa shape index (κ1) is 14.5. The third-order valence-electron chi connectivity index (χ3n) is 2.80. The van der Waals surface area contributed by atoms with Crippen molar-refractivity contribution in [3.8, 4) is 0 Å². The molecule has 2 aromatic rings. The molecule has 0 atom stereocenters. The Balaban J connectivity index is 1.94. The van der Waals surface area contributed by atoms with Crippen LogP contribution < -0.4 is 5.32 Å². The maximum atomic E-state index is 13.5. The van der Waals surface area contributed by atoms with Crippen molar-refractivity contribution in [1.29, 1.82) is 0 Å². The third-order valence-corrected chi connectivity index (χ3v) is 3.60. The van der Waals surface area contributed by atoms with Crippen molar-refractivity contribution in [2.75, 3.05) is 0 Å². The molecule has 1 N–H and O–H groups in total. The van der Waals surface area contributed by atoms with Gasteiger partial charge in [-0.15, -0.1) is 11.6 Å². The Morgan fingerprint density at radius 3 is 2.63 bits per heavy atom. The quantitative estimate of drug-likeness (QED) is 0.782. The standard InChI is InChI=1S/C15H14BrClFN/c16-14-4-5-15(18)13(7-14)10-19-9-12-3-1-2-11(6-12)8-17/h1-7,19H,8-10H2. The normalized spacial score (nSPS) is 10.7. The molecule has 100 valence electrons. The lowest BCUT2D eigenvalue weighted by Crippen LogP contribution is -2.13. The zero-order chi connectivity index (χ0) is 13.7. The largest absolute Gasteiger partial charge is 0.309 e. The van der Waals surface area contributed by atoms with Crippen LogP contribution in [-0.2, 0) is 19.0 Å². The molecule has 2 rings (SSSR count). The fourth-order valence-electron chi connectivity index (χ4n) is 1.84. The Labute approximate surface area is 125 Å². The number of alkyl halides is 1. The maximum Gasteiger partial charge on any atom is 0.127 e. The van der Waals surface area contributed by atoms with Gasteiger partial charge in [-0.2, -0.15) is 0 Å². The molecule has 0 radical (unpaired) electrons. The molecule has 19 heavy (non-hydrogen) atoms. The second-order valence-corrected chi connectivity index (χ2v) is 5.48. The van der Waals surface area contributed by atoms with Gasteiger partial charge >= 0.3 is 0 Å². The molecule has 0 heterocycles. The molecule has 0 fully saturated rings. The fourth-order valence-corrected chi connectivity index (χ4v) is 2.42. The van der Waals surface area contributed by atoms with E-state index >= 15 is 0 Å². The van der Waals surface area contributed by atoms with Crippen molar-refractivity contribution < 1.29 is 4.39 Å². The lowest BCUT2D eigenvalue weighted by Gasteiger charge is -2.07. The molecule has 1 nitrogen and oxygen atoms in total. The summed E-state index contributed by atoms with van der Waals surface area (Å²) in [5.41, 5.74) is 2.89. The van der Waals surface area contributed by atoms with Crippen molar-refractivity contribution in [2.45, 2.75) is 19.0 Å². The number of rotatable bonds is 5. The molecule has 0 aliphatic rings. The highest BCUT2D eigenvalue weighted by Gasteiger charge is 2.02. The highest BCUT2D eigenvalue weighted by molar-refractivity contribution is 9.10. The Morgan fingerprint density at radius 1 is 1.05 bits per heavy atom. The molecule has 0 aromatic heterocycles. The number of hydrogen-bond donors (Lipinski definition) is 1. The molecular weight excluding hydrogens is 329 g/mol. The minimum absolute atomic E-state index is 0.190. The van der Waals surface area contributed by atoms with Crippen molar-refractivity contribution in [3.05, 3.63) is 69.4 Å². The van der Waals surface area contributed by atoms with E-state index in [0.717, 1.165) is 15.6 Å². The van der Waals surface area contributed by atoms with E-state index in [2.05, 4.69) is 27.3 Å². The Bertz CT molecular complexity index is 560. The van der Waals surface area contributed by atoms with Crippen LogP contribution in [0.4, 0.5) is 4.39 Å². The Morgan fingerprint density at radius 2 is 1.84 bits per heavy atom. The van der Waals surface area contributed by atoms with Gasteiger partial charge in [0, 0.05) is 29.0 Å². The molecule has 0 aliphatic carbocycles. The van der Waals surface area contributed by atoms with Gasteiger partial charge in [0.15, 0.2) is 0 Å². The van der Waals surface area contributed by atoms with Gasteiger partial charge in [-0.25, -0.2) is 4.39 Å². The molecule has 2 aromatic carbocycles. The zero-order valence-electron chi connectivity index (χ0n) is 10.3. The number of benzene rings is 2. The molecule has 0 unspecified atom stereocenters. The SMILES string of the molecule is Fc1ccc(Br)cc1CNCc1cccc(CCl)c1. The van der Waals surface area contributed by atoms with Gasteiger partial charge in [-0.3, -0.25) is 0 Å². The van der Waals surface area contributed by atoms with E-state index in [4.69, 9.17) is 11.6 Å². The van der Waals surface area contributed by atoms with Gasteiger partial charge in [0.05, 0.1) is 0 Å². The topological polar surface area (TPSA) is 12.0 Å². The van der Waals surface area contributed by atoms with Gasteiger partial charge in [-0.05, 0) is 29.3 Å². The zero-order valence-corrected chi connectivity index (χ0v) is 12.6. The molecule has 0 saturated carbocycles. The second-order valence-electron chi connectivity index (χ2n) is 4.29. The first-order valence-electron chi connectivity index (χ1n) is 5.97. The van der Waals surface area contributed by atoms with Crippen molar-refractivity contribution >= 4 is 27.5 Å². The summed E-state index contributed by atoms with van der Waals surface area (Å²) in [6.45, 7) is 1.19. The van der Waals surface area contributed by atoms with Crippen LogP contribution in [0.2, 0.25) is 0 Å². The molecule has 0 saturated heterocycles. The van der Waals surface area contributed by atoms with Gasteiger partial charge in [0.2, 0.25) is 0 Å². The van der Waals surface area contributed by atoms with Crippen LogP contribution in [0.1, 0.15) is 16.7 Å². The second kappa shape index (κ2) is 7.04. The number of halogens is 3. The number of hydrogen-bond acceptors (Lipinski definition) is 1. The maximum absolute atomic E-state index is 13.5. The van der Waals surface area contributed by atoms with E-state index in [0.29, 0.717) is 24.5 Å². The van der Waals surface area contributed by atoms with Crippen molar-refractivity contribution in [2.24, 2.45) is 0 Å². The average molecular weight is 343 g/mol. The van der Waals surface area contributed by atoms with Crippen LogP contribution in [0.5, 0.6) is 0 Å². The molecule has 0 spiro atoms. The van der Waals surface area contributed by atoms with Gasteiger partial charge in [-0.1, -0.05) is 40.2 Å². The molecular formula is C15H14BrClFN. The van der Waals surface area contributed by atoms with Gasteiger partial charge < -0.3 is 5.32 Å². The molecule has 4 heteroatoms. The summed E-state index contributed by atoms with van der Waals surface area (Å²) in [6.07, 6.45) is 0. The van der Waals surface area contributed by atoms with Gasteiger partial charge in [0.25, 0.3) is 0 Å². The van der Waals surface area contributed by atoms with Crippen molar-refractivity contribution in [3.63, 3.8) is 0 Å². The van der Waals surface area contributed by atoms with Crippen LogP contribution in [0, 0.1) is 5.82 Å². The van der Waals surface area contributed by atoms with E-state index in [9.17, 15) is 4.39 Å². The lowest BCUT2D eigenvalue weighted by molar-refractivity contribution is 0.587. The summed E-state index contributed by atoms with van der Waals surface area (Å²) >= 11 is 9.13. The molecule has 0 aliphatic heterocycles. The van der Waals surface area contributed by atoms with Crippen LogP contribution in [0.15, 0.2) is 46.9 Å². The Kier molecular flexibility index (Phi) is 5.37. The van der Waals surface area contributed by atoms with E-state index < -0.39 is 0 Å². The summed E-state index contributed by atoms with van der Waals surface area (Å²) in [7, 11) is 0. The van der Waals surface area contributed by atoms with E-state index in [1.54, 1.807) is 12.1 Å². The molecule has 0 amide bonds. The van der Waals surface area contributed by atoms with E-state index in [1.165, 1.54) is 6.07 Å². The monoisotopic (exact) mass is 341 g/mol. The predicted octanol–water partition coefficient (Wildman–Crippen LogP) is 4.62. The number of nitrogens with one attached hydrogen (secondary N) is 1. The fraction of sp³-hybridized carbons (Fsp3) is 0.200. The smallest absolute Gasteiger partial charge is 0.127 e.